The Bertz CT molecular complexity index is 1070. The van der Waals surface area contributed by atoms with Gasteiger partial charge in [-0.2, -0.15) is 13.2 Å². The number of amides is 1. The van der Waals surface area contributed by atoms with Crippen LogP contribution < -0.4 is 15.8 Å². The summed E-state index contributed by atoms with van der Waals surface area (Å²) in [5.41, 5.74) is -1.46. The van der Waals surface area contributed by atoms with Gasteiger partial charge in [0.1, 0.15) is 11.1 Å². The molecule has 0 atom stereocenters. The van der Waals surface area contributed by atoms with Gasteiger partial charge in [0, 0.05) is 19.5 Å². The van der Waals surface area contributed by atoms with Crippen LogP contribution in [0.3, 0.4) is 0 Å². The molecule has 3 rings (SSSR count). The maximum absolute atomic E-state index is 13.0. The minimum absolute atomic E-state index is 0.0626. The number of carbonyl (C=O) groups excluding carboxylic acids is 1. The smallest absolute Gasteiger partial charge is 0.416 e. The fourth-order valence-corrected chi connectivity index (χ4v) is 2.61. The first-order valence-corrected chi connectivity index (χ1v) is 7.89. The van der Waals surface area contributed by atoms with Crippen molar-refractivity contribution >= 4 is 28.3 Å². The predicted octanol–water partition coefficient (Wildman–Crippen LogP) is 4.13. The highest BCUT2D eigenvalue weighted by Crippen LogP contribution is 2.35. The molecule has 0 saturated carbocycles. The van der Waals surface area contributed by atoms with Crippen LogP contribution in [0.4, 0.5) is 24.5 Å². The lowest BCUT2D eigenvalue weighted by atomic mass is 10.1. The molecule has 0 fully saturated rings. The van der Waals surface area contributed by atoms with Gasteiger partial charge in [0.2, 0.25) is 0 Å². The van der Waals surface area contributed by atoms with Crippen molar-refractivity contribution in [3.63, 3.8) is 0 Å². The molecule has 1 aromatic heterocycles. The maximum Gasteiger partial charge on any atom is 0.416 e. The highest BCUT2D eigenvalue weighted by molar-refractivity contribution is 6.07. The van der Waals surface area contributed by atoms with Crippen molar-refractivity contribution in [3.05, 3.63) is 70.1 Å². The second-order valence-corrected chi connectivity index (χ2v) is 6.06. The van der Waals surface area contributed by atoms with Gasteiger partial charge in [-0.25, -0.2) is 4.79 Å². The maximum atomic E-state index is 13.0. The number of hydrogen-bond donors (Lipinski definition) is 1. The molecule has 27 heavy (non-hydrogen) atoms. The molecule has 0 radical (unpaired) electrons. The summed E-state index contributed by atoms with van der Waals surface area (Å²) in [7, 11) is 3.26. The molecule has 8 heteroatoms. The number of hydrogen-bond acceptors (Lipinski definition) is 4. The molecule has 2 aromatic carbocycles. The second kappa shape index (κ2) is 6.79. The standard InChI is InChI=1S/C19H15F3N2O3/c1-24(2)15-8-7-12(19(20,21)22)10-14(15)23-17(25)13-9-11-5-3-4-6-16(11)27-18(13)26/h3-10H,1-2H3,(H,23,25). The first-order valence-electron chi connectivity index (χ1n) is 7.89. The number of rotatable bonds is 3. The van der Waals surface area contributed by atoms with Crippen molar-refractivity contribution in [2.24, 2.45) is 0 Å². The van der Waals surface area contributed by atoms with E-state index in [0.717, 1.165) is 12.1 Å². The fraction of sp³-hybridized carbons (Fsp3) is 0.158. The van der Waals surface area contributed by atoms with Crippen molar-refractivity contribution in [1.29, 1.82) is 0 Å². The third kappa shape index (κ3) is 3.79. The minimum atomic E-state index is -4.56. The molecule has 3 aromatic rings. The number of para-hydroxylation sites is 1. The van der Waals surface area contributed by atoms with E-state index in [9.17, 15) is 22.8 Å². The number of fused-ring (bicyclic) bond motifs is 1. The van der Waals surface area contributed by atoms with E-state index in [4.69, 9.17) is 4.42 Å². The number of alkyl halides is 3. The Morgan fingerprint density at radius 1 is 1.07 bits per heavy atom. The summed E-state index contributed by atoms with van der Waals surface area (Å²) in [6.45, 7) is 0. The second-order valence-electron chi connectivity index (χ2n) is 6.06. The van der Waals surface area contributed by atoms with Gasteiger partial charge in [0.15, 0.2) is 0 Å². The van der Waals surface area contributed by atoms with Crippen molar-refractivity contribution in [3.8, 4) is 0 Å². The molecule has 1 heterocycles. The van der Waals surface area contributed by atoms with Crippen molar-refractivity contribution < 1.29 is 22.4 Å². The number of benzene rings is 2. The third-order valence-electron chi connectivity index (χ3n) is 3.94. The summed E-state index contributed by atoms with van der Waals surface area (Å²) < 4.78 is 44.1. The molecule has 0 aliphatic carbocycles. The molecule has 0 bridgehead atoms. The first kappa shape index (κ1) is 18.5. The molecule has 1 amide bonds. The van der Waals surface area contributed by atoms with Gasteiger partial charge in [-0.15, -0.1) is 0 Å². The Labute approximate surface area is 152 Å². The zero-order valence-corrected chi connectivity index (χ0v) is 14.4. The molecule has 0 saturated heterocycles. The van der Waals surface area contributed by atoms with Gasteiger partial charge in [-0.3, -0.25) is 4.79 Å². The summed E-state index contributed by atoms with van der Waals surface area (Å²) >= 11 is 0. The lowest BCUT2D eigenvalue weighted by Gasteiger charge is -2.19. The molecule has 1 N–H and O–H groups in total. The topological polar surface area (TPSA) is 62.6 Å². The molecule has 5 nitrogen and oxygen atoms in total. The molecule has 0 aliphatic rings. The van der Waals surface area contributed by atoms with E-state index in [-0.39, 0.29) is 11.3 Å². The van der Waals surface area contributed by atoms with E-state index < -0.39 is 23.3 Å². The Balaban J connectivity index is 2.03. The number of nitrogens with zero attached hydrogens (tertiary/aromatic N) is 1. The van der Waals surface area contributed by atoms with Crippen LogP contribution in [-0.4, -0.2) is 20.0 Å². The summed E-state index contributed by atoms with van der Waals surface area (Å²) in [4.78, 5) is 26.2. The molecular formula is C19H15F3N2O3. The zero-order valence-electron chi connectivity index (χ0n) is 14.4. The molecule has 0 aliphatic heterocycles. The van der Waals surface area contributed by atoms with E-state index in [0.29, 0.717) is 16.7 Å². The van der Waals surface area contributed by atoms with Crippen molar-refractivity contribution in [1.82, 2.24) is 0 Å². The average molecular weight is 376 g/mol. The van der Waals surface area contributed by atoms with Crippen LogP contribution in [-0.2, 0) is 6.18 Å². The van der Waals surface area contributed by atoms with Gasteiger partial charge in [0.05, 0.1) is 16.9 Å². The fourth-order valence-electron chi connectivity index (χ4n) is 2.61. The van der Waals surface area contributed by atoms with E-state index in [1.54, 1.807) is 43.3 Å². The third-order valence-corrected chi connectivity index (χ3v) is 3.94. The van der Waals surface area contributed by atoms with Gasteiger partial charge in [-0.05, 0) is 30.3 Å². The highest BCUT2D eigenvalue weighted by Gasteiger charge is 2.31. The van der Waals surface area contributed by atoms with Gasteiger partial charge >= 0.3 is 11.8 Å². The van der Waals surface area contributed by atoms with Crippen LogP contribution in [0.25, 0.3) is 11.0 Å². The highest BCUT2D eigenvalue weighted by atomic mass is 19.4. The van der Waals surface area contributed by atoms with Gasteiger partial charge in [0.25, 0.3) is 5.91 Å². The van der Waals surface area contributed by atoms with Crippen molar-refractivity contribution in [2.45, 2.75) is 6.18 Å². The lowest BCUT2D eigenvalue weighted by molar-refractivity contribution is -0.137. The van der Waals surface area contributed by atoms with Crippen LogP contribution >= 0.6 is 0 Å². The predicted molar refractivity (Wildman–Crippen MR) is 96.2 cm³/mol. The van der Waals surface area contributed by atoms with Gasteiger partial charge in [-0.1, -0.05) is 18.2 Å². The van der Waals surface area contributed by atoms with Crippen LogP contribution in [0.15, 0.2) is 57.7 Å². The normalized spacial score (nSPS) is 11.4. The molecule has 0 spiro atoms. The number of nitrogens with one attached hydrogen (secondary N) is 1. The largest absolute Gasteiger partial charge is 0.422 e. The number of anilines is 2. The SMILES string of the molecule is CN(C)c1ccc(C(F)(F)F)cc1NC(=O)c1cc2ccccc2oc1=O. The molecule has 140 valence electrons. The Kier molecular flexibility index (Phi) is 4.65. The van der Waals surface area contributed by atoms with Crippen molar-refractivity contribution in [2.75, 3.05) is 24.3 Å². The molecular weight excluding hydrogens is 361 g/mol. The van der Waals surface area contributed by atoms with Crippen LogP contribution in [0, 0.1) is 0 Å². The lowest BCUT2D eigenvalue weighted by Crippen LogP contribution is -2.22. The van der Waals surface area contributed by atoms with Crippen LogP contribution in [0.5, 0.6) is 0 Å². The first-order chi connectivity index (χ1) is 12.7. The summed E-state index contributed by atoms with van der Waals surface area (Å²) in [5, 5.41) is 2.91. The Morgan fingerprint density at radius 3 is 2.44 bits per heavy atom. The van der Waals surface area contributed by atoms with Crippen LogP contribution in [0.1, 0.15) is 15.9 Å². The summed E-state index contributed by atoms with van der Waals surface area (Å²) in [6.07, 6.45) is -4.56. The number of carbonyl (C=O) groups is 1. The quantitative estimate of drug-likeness (QED) is 0.698. The zero-order chi connectivity index (χ0) is 19.8. The monoisotopic (exact) mass is 376 g/mol. The summed E-state index contributed by atoms with van der Waals surface area (Å²) in [5.74, 6) is -0.850. The van der Waals surface area contributed by atoms with E-state index in [1.165, 1.54) is 12.1 Å². The van der Waals surface area contributed by atoms with E-state index in [1.807, 2.05) is 0 Å². The average Bonchev–Trinajstić information content (AvgIpc) is 2.60. The number of halogens is 3. The van der Waals surface area contributed by atoms with Crippen LogP contribution in [0.2, 0.25) is 0 Å². The van der Waals surface area contributed by atoms with E-state index >= 15 is 0 Å². The Hall–Kier alpha value is -3.29. The minimum Gasteiger partial charge on any atom is -0.422 e. The Morgan fingerprint density at radius 2 is 1.78 bits per heavy atom. The molecule has 0 unspecified atom stereocenters. The van der Waals surface area contributed by atoms with Gasteiger partial charge < -0.3 is 14.6 Å². The van der Waals surface area contributed by atoms with E-state index in [2.05, 4.69) is 5.32 Å². The summed E-state index contributed by atoms with van der Waals surface area (Å²) in [6, 6.07) is 11.0.